The van der Waals surface area contributed by atoms with Crippen LogP contribution in [0.1, 0.15) is 11.1 Å². The van der Waals surface area contributed by atoms with Crippen LogP contribution in [0.25, 0.3) is 12.2 Å². The van der Waals surface area contributed by atoms with Crippen molar-refractivity contribution >= 4 is 17.9 Å². The molecule has 0 bridgehead atoms. The van der Waals surface area contributed by atoms with Crippen LogP contribution < -0.4 is 9.97 Å². The van der Waals surface area contributed by atoms with Crippen molar-refractivity contribution in [2.75, 3.05) is 0 Å². The summed E-state index contributed by atoms with van der Waals surface area (Å²) in [5.41, 5.74) is 1.98. The maximum absolute atomic E-state index is 11.6. The summed E-state index contributed by atoms with van der Waals surface area (Å²) in [6.07, 6.45) is 14.0. The van der Waals surface area contributed by atoms with E-state index in [1.807, 2.05) is 49.1 Å². The van der Waals surface area contributed by atoms with Gasteiger partial charge in [0.25, 0.3) is 0 Å². The van der Waals surface area contributed by atoms with Crippen molar-refractivity contribution in [1.29, 1.82) is 0 Å². The van der Waals surface area contributed by atoms with E-state index in [1.165, 1.54) is 0 Å². The second-order valence-corrected chi connectivity index (χ2v) is 3.74. The molecule has 2 N–H and O–H groups in total. The molecule has 0 unspecified atom stereocenters. The van der Waals surface area contributed by atoms with Crippen LogP contribution in [0.4, 0.5) is 0 Å². The van der Waals surface area contributed by atoms with Crippen molar-refractivity contribution in [3.8, 4) is 0 Å². The van der Waals surface area contributed by atoms with Crippen LogP contribution in [0.3, 0.4) is 0 Å². The van der Waals surface area contributed by atoms with Crippen molar-refractivity contribution in [3.05, 3.63) is 72.3 Å². The van der Waals surface area contributed by atoms with Gasteiger partial charge in [-0.25, -0.2) is 9.97 Å². The first-order valence-electron chi connectivity index (χ1n) is 5.67. The molecule has 0 atom stereocenters. The first kappa shape index (κ1) is 11.9. The first-order valence-corrected chi connectivity index (χ1v) is 5.67. The number of nitrogens with one attached hydrogen (secondary N) is 2. The molecule has 18 heavy (non-hydrogen) atoms. The van der Waals surface area contributed by atoms with E-state index in [-0.39, 0.29) is 5.78 Å². The standard InChI is InChI=1S/C15H12N2O/c18-15(3-1-13-5-9-16-10-6-13)4-2-14-7-11-17-12-8-14/h1-12H/p+2. The molecule has 0 fully saturated rings. The van der Waals surface area contributed by atoms with E-state index in [4.69, 9.17) is 0 Å². The van der Waals surface area contributed by atoms with Gasteiger partial charge < -0.3 is 0 Å². The van der Waals surface area contributed by atoms with Crippen molar-refractivity contribution in [3.63, 3.8) is 0 Å². The normalized spacial score (nSPS) is 11.1. The predicted molar refractivity (Wildman–Crippen MR) is 69.1 cm³/mol. The average molecular weight is 238 g/mol. The largest absolute Gasteiger partial charge is 0.290 e. The summed E-state index contributed by atoms with van der Waals surface area (Å²) in [4.78, 5) is 17.5. The third-order valence-corrected chi connectivity index (χ3v) is 2.37. The summed E-state index contributed by atoms with van der Waals surface area (Å²) >= 11 is 0. The summed E-state index contributed by atoms with van der Waals surface area (Å²) in [6.45, 7) is 0. The zero-order valence-corrected chi connectivity index (χ0v) is 9.84. The molecule has 0 spiro atoms. The lowest BCUT2D eigenvalue weighted by molar-refractivity contribution is -0.378. The summed E-state index contributed by atoms with van der Waals surface area (Å²) in [5.74, 6) is -0.0318. The highest BCUT2D eigenvalue weighted by Gasteiger charge is 1.92. The van der Waals surface area contributed by atoms with E-state index < -0.39 is 0 Å². The van der Waals surface area contributed by atoms with Gasteiger partial charge in [-0.2, -0.15) is 0 Å². The second-order valence-electron chi connectivity index (χ2n) is 3.74. The predicted octanol–water partition coefficient (Wildman–Crippen LogP) is 1.61. The van der Waals surface area contributed by atoms with Crippen LogP contribution in [0.5, 0.6) is 0 Å². The van der Waals surface area contributed by atoms with Crippen LogP contribution in [-0.2, 0) is 4.79 Å². The number of allylic oxidation sites excluding steroid dienone is 2. The SMILES string of the molecule is O=C(C=Cc1cc[nH+]cc1)C=Cc1cc[nH+]cc1. The smallest absolute Gasteiger partial charge is 0.178 e. The van der Waals surface area contributed by atoms with E-state index >= 15 is 0 Å². The van der Waals surface area contributed by atoms with Gasteiger partial charge in [-0.3, -0.25) is 4.79 Å². The molecule has 0 aliphatic heterocycles. The molecule has 2 aromatic heterocycles. The Bertz CT molecular complexity index is 508. The minimum atomic E-state index is -0.0318. The van der Waals surface area contributed by atoms with E-state index in [1.54, 1.807) is 24.3 Å². The fraction of sp³-hybridized carbons (Fsp3) is 0. The summed E-state index contributed by atoms with van der Waals surface area (Å²) < 4.78 is 0. The lowest BCUT2D eigenvalue weighted by Crippen LogP contribution is -1.97. The van der Waals surface area contributed by atoms with Gasteiger partial charge in [0.1, 0.15) is 0 Å². The molecule has 0 saturated carbocycles. The molecule has 0 aromatic carbocycles. The number of carbonyl (C=O) groups is 1. The maximum atomic E-state index is 11.6. The number of H-pyrrole nitrogens is 2. The van der Waals surface area contributed by atoms with Crippen molar-refractivity contribution < 1.29 is 14.8 Å². The molecule has 3 nitrogen and oxygen atoms in total. The first-order chi connectivity index (χ1) is 8.84. The van der Waals surface area contributed by atoms with Gasteiger partial charge in [0.15, 0.2) is 30.6 Å². The number of aromatic amines is 2. The van der Waals surface area contributed by atoms with Crippen LogP contribution in [-0.4, -0.2) is 5.78 Å². The maximum Gasteiger partial charge on any atom is 0.178 e. The highest BCUT2D eigenvalue weighted by Crippen LogP contribution is 2.00. The van der Waals surface area contributed by atoms with Gasteiger partial charge in [-0.15, -0.1) is 0 Å². The van der Waals surface area contributed by atoms with Crippen molar-refractivity contribution in [2.24, 2.45) is 0 Å². The Morgan fingerprint density at radius 2 is 1.17 bits per heavy atom. The second kappa shape index (κ2) is 6.25. The Labute approximate surface area is 106 Å². The van der Waals surface area contributed by atoms with Crippen LogP contribution >= 0.6 is 0 Å². The zero-order valence-electron chi connectivity index (χ0n) is 9.84. The molecule has 2 rings (SSSR count). The van der Waals surface area contributed by atoms with Gasteiger partial charge in [-0.05, 0) is 23.3 Å². The summed E-state index contributed by atoms with van der Waals surface area (Å²) in [7, 11) is 0. The Morgan fingerprint density at radius 1 is 0.778 bits per heavy atom. The lowest BCUT2D eigenvalue weighted by atomic mass is 10.2. The topological polar surface area (TPSA) is 45.4 Å². The Morgan fingerprint density at radius 3 is 1.56 bits per heavy atom. The molecule has 2 aromatic rings. The number of ketones is 1. The highest BCUT2D eigenvalue weighted by molar-refractivity contribution is 6.04. The van der Waals surface area contributed by atoms with E-state index in [2.05, 4.69) is 9.97 Å². The van der Waals surface area contributed by atoms with Crippen molar-refractivity contribution in [2.45, 2.75) is 0 Å². The minimum absolute atomic E-state index is 0.0318. The number of aromatic nitrogens is 2. The fourth-order valence-corrected chi connectivity index (χ4v) is 1.43. The highest BCUT2D eigenvalue weighted by atomic mass is 16.1. The zero-order chi connectivity index (χ0) is 12.6. The molecule has 0 amide bonds. The number of pyridine rings is 2. The van der Waals surface area contributed by atoms with Gasteiger partial charge in [-0.1, -0.05) is 12.2 Å². The average Bonchev–Trinajstić information content (AvgIpc) is 2.45. The third kappa shape index (κ3) is 3.79. The number of carbonyl (C=O) groups excluding carboxylic acids is 1. The van der Waals surface area contributed by atoms with Crippen LogP contribution in [0.2, 0.25) is 0 Å². The Balaban J connectivity index is 1.97. The quantitative estimate of drug-likeness (QED) is 0.746. The number of rotatable bonds is 4. The molecule has 0 radical (unpaired) electrons. The minimum Gasteiger partial charge on any atom is -0.290 e. The van der Waals surface area contributed by atoms with Gasteiger partial charge in [0.05, 0.1) is 0 Å². The molecule has 2 heterocycles. The number of hydrogen-bond donors (Lipinski definition) is 0. The molecule has 88 valence electrons. The lowest BCUT2D eigenvalue weighted by Gasteiger charge is -1.88. The Hall–Kier alpha value is -2.55. The molecule has 3 heteroatoms. The third-order valence-electron chi connectivity index (χ3n) is 2.37. The van der Waals surface area contributed by atoms with Gasteiger partial charge in [0, 0.05) is 24.3 Å². The Kier molecular flexibility index (Phi) is 4.14. The fourth-order valence-electron chi connectivity index (χ4n) is 1.43. The molecule has 0 saturated heterocycles. The van der Waals surface area contributed by atoms with Crippen LogP contribution in [0, 0.1) is 0 Å². The van der Waals surface area contributed by atoms with E-state index in [0.717, 1.165) is 11.1 Å². The molecular formula is C15H14N2O+2. The number of hydrogen-bond acceptors (Lipinski definition) is 1. The van der Waals surface area contributed by atoms with Gasteiger partial charge >= 0.3 is 0 Å². The molecule has 0 aliphatic carbocycles. The van der Waals surface area contributed by atoms with E-state index in [9.17, 15) is 4.79 Å². The summed E-state index contributed by atoms with van der Waals surface area (Å²) in [5, 5.41) is 0. The van der Waals surface area contributed by atoms with Gasteiger partial charge in [0.2, 0.25) is 0 Å². The van der Waals surface area contributed by atoms with E-state index in [0.29, 0.717) is 0 Å². The van der Waals surface area contributed by atoms with Crippen molar-refractivity contribution in [1.82, 2.24) is 0 Å². The van der Waals surface area contributed by atoms with Crippen LogP contribution in [0.15, 0.2) is 61.2 Å². The summed E-state index contributed by atoms with van der Waals surface area (Å²) in [6, 6.07) is 7.61. The monoisotopic (exact) mass is 238 g/mol. The molecule has 0 aliphatic rings. The molecular weight excluding hydrogens is 224 g/mol.